The van der Waals surface area contributed by atoms with E-state index < -0.39 is 0 Å². The van der Waals surface area contributed by atoms with Crippen LogP contribution in [0.3, 0.4) is 0 Å². The Morgan fingerprint density at radius 3 is 2.70 bits per heavy atom. The highest BCUT2D eigenvalue weighted by Gasteiger charge is 2.08. The third-order valence-electron chi connectivity index (χ3n) is 2.72. The summed E-state index contributed by atoms with van der Waals surface area (Å²) in [6.07, 6.45) is 4.07. The normalized spacial score (nSPS) is 10.8. The predicted octanol–water partition coefficient (Wildman–Crippen LogP) is 1.89. The average molecular weight is 290 g/mol. The van der Waals surface area contributed by atoms with Crippen molar-refractivity contribution in [3.63, 3.8) is 0 Å². The van der Waals surface area contributed by atoms with E-state index in [1.54, 1.807) is 23.7 Å². The Morgan fingerprint density at radius 1 is 1.35 bits per heavy atom. The summed E-state index contributed by atoms with van der Waals surface area (Å²) in [6, 6.07) is 3.91. The van der Waals surface area contributed by atoms with Gasteiger partial charge in [0.1, 0.15) is 0 Å². The fourth-order valence-electron chi connectivity index (χ4n) is 1.68. The maximum atomic E-state index is 11.9. The van der Waals surface area contributed by atoms with E-state index in [4.69, 9.17) is 0 Å². The van der Waals surface area contributed by atoms with Gasteiger partial charge in [0.15, 0.2) is 5.82 Å². The molecule has 20 heavy (non-hydrogen) atoms. The topological polar surface area (TPSA) is 58.1 Å². The molecule has 0 unspecified atom stereocenters. The van der Waals surface area contributed by atoms with Gasteiger partial charge in [0, 0.05) is 18.9 Å². The largest absolute Gasteiger partial charge is 0.352 e. The molecular formula is C14H18N4OS. The lowest BCUT2D eigenvalue weighted by Gasteiger charge is -2.09. The molecule has 0 bridgehead atoms. The fourth-order valence-corrected chi connectivity index (χ4v) is 2.35. The summed E-state index contributed by atoms with van der Waals surface area (Å²) in [7, 11) is 4.03. The lowest BCUT2D eigenvalue weighted by atomic mass is 10.3. The highest BCUT2D eigenvalue weighted by Crippen LogP contribution is 2.19. The number of thiophene rings is 1. The van der Waals surface area contributed by atoms with Gasteiger partial charge in [-0.05, 0) is 38.5 Å². The van der Waals surface area contributed by atoms with Gasteiger partial charge in [-0.15, -0.1) is 11.3 Å². The molecule has 6 heteroatoms. The first-order chi connectivity index (χ1) is 9.66. The first-order valence-corrected chi connectivity index (χ1v) is 7.33. The smallest absolute Gasteiger partial charge is 0.254 e. The zero-order chi connectivity index (χ0) is 14.4. The van der Waals surface area contributed by atoms with Gasteiger partial charge in [0.05, 0.1) is 10.4 Å². The van der Waals surface area contributed by atoms with Crippen molar-refractivity contribution < 1.29 is 4.79 Å². The van der Waals surface area contributed by atoms with Crippen LogP contribution in [0, 0.1) is 0 Å². The van der Waals surface area contributed by atoms with E-state index in [2.05, 4.69) is 20.2 Å². The van der Waals surface area contributed by atoms with Crippen molar-refractivity contribution in [1.29, 1.82) is 0 Å². The Hall–Kier alpha value is -1.79. The Kier molecular flexibility index (Phi) is 5.20. The maximum Gasteiger partial charge on any atom is 0.254 e. The molecule has 1 amide bonds. The molecule has 2 aromatic heterocycles. The number of carbonyl (C=O) groups is 1. The number of hydrogen-bond acceptors (Lipinski definition) is 5. The first-order valence-electron chi connectivity index (χ1n) is 6.45. The van der Waals surface area contributed by atoms with Crippen molar-refractivity contribution >= 4 is 17.2 Å². The van der Waals surface area contributed by atoms with Crippen molar-refractivity contribution in [1.82, 2.24) is 20.2 Å². The van der Waals surface area contributed by atoms with Gasteiger partial charge in [0.2, 0.25) is 0 Å². The molecule has 0 spiro atoms. The second kappa shape index (κ2) is 7.12. The molecule has 2 heterocycles. The second-order valence-electron chi connectivity index (χ2n) is 4.69. The minimum atomic E-state index is -0.124. The van der Waals surface area contributed by atoms with E-state index >= 15 is 0 Å². The standard InChI is InChI=1S/C14H18N4OS/c1-18(2)7-4-6-15-14(19)11-9-16-13(17-10-11)12-5-3-8-20-12/h3,5,8-10H,4,6-7H2,1-2H3,(H,15,19). The van der Waals surface area contributed by atoms with Crippen LogP contribution in [0.4, 0.5) is 0 Å². The van der Waals surface area contributed by atoms with Crippen LogP contribution in [-0.4, -0.2) is 48.0 Å². The Balaban J connectivity index is 1.88. The van der Waals surface area contributed by atoms with Crippen LogP contribution < -0.4 is 5.32 Å². The van der Waals surface area contributed by atoms with Crippen LogP contribution >= 0.6 is 11.3 Å². The number of hydrogen-bond donors (Lipinski definition) is 1. The summed E-state index contributed by atoms with van der Waals surface area (Å²) < 4.78 is 0. The summed E-state index contributed by atoms with van der Waals surface area (Å²) in [4.78, 5) is 23.4. The lowest BCUT2D eigenvalue weighted by Crippen LogP contribution is -2.27. The van der Waals surface area contributed by atoms with Gasteiger partial charge in [-0.2, -0.15) is 0 Å². The quantitative estimate of drug-likeness (QED) is 0.825. The Morgan fingerprint density at radius 2 is 2.10 bits per heavy atom. The number of nitrogens with one attached hydrogen (secondary N) is 1. The third-order valence-corrected chi connectivity index (χ3v) is 3.59. The lowest BCUT2D eigenvalue weighted by molar-refractivity contribution is 0.0951. The molecule has 5 nitrogen and oxygen atoms in total. The van der Waals surface area contributed by atoms with Crippen molar-refractivity contribution in [2.24, 2.45) is 0 Å². The van der Waals surface area contributed by atoms with E-state index in [0.717, 1.165) is 17.8 Å². The maximum absolute atomic E-state index is 11.9. The van der Waals surface area contributed by atoms with E-state index in [9.17, 15) is 4.79 Å². The van der Waals surface area contributed by atoms with E-state index in [-0.39, 0.29) is 5.91 Å². The summed E-state index contributed by atoms with van der Waals surface area (Å²) in [5, 5.41) is 4.84. The summed E-state index contributed by atoms with van der Waals surface area (Å²) in [5.74, 6) is 0.533. The number of carbonyl (C=O) groups excluding carboxylic acids is 1. The fraction of sp³-hybridized carbons (Fsp3) is 0.357. The minimum absolute atomic E-state index is 0.124. The second-order valence-corrected chi connectivity index (χ2v) is 5.63. The van der Waals surface area contributed by atoms with Crippen LogP contribution in [0.15, 0.2) is 29.9 Å². The number of nitrogens with zero attached hydrogens (tertiary/aromatic N) is 3. The number of aromatic nitrogens is 2. The first kappa shape index (κ1) is 14.6. The highest BCUT2D eigenvalue weighted by molar-refractivity contribution is 7.13. The summed E-state index contributed by atoms with van der Waals surface area (Å²) in [5.41, 5.74) is 0.496. The van der Waals surface area contributed by atoms with Gasteiger partial charge in [-0.1, -0.05) is 6.07 Å². The molecule has 0 aliphatic carbocycles. The molecule has 1 N–H and O–H groups in total. The Bertz CT molecular complexity index is 537. The van der Waals surface area contributed by atoms with Crippen molar-refractivity contribution in [3.8, 4) is 10.7 Å². The zero-order valence-electron chi connectivity index (χ0n) is 11.7. The van der Waals surface area contributed by atoms with Gasteiger partial charge in [0.25, 0.3) is 5.91 Å². The van der Waals surface area contributed by atoms with Crippen LogP contribution in [0.5, 0.6) is 0 Å². The number of rotatable bonds is 6. The molecule has 0 radical (unpaired) electrons. The molecule has 2 aromatic rings. The third kappa shape index (κ3) is 4.11. The highest BCUT2D eigenvalue weighted by atomic mass is 32.1. The Labute approximate surface area is 122 Å². The zero-order valence-corrected chi connectivity index (χ0v) is 12.5. The minimum Gasteiger partial charge on any atom is -0.352 e. The van der Waals surface area contributed by atoms with Gasteiger partial charge in [-0.3, -0.25) is 4.79 Å². The SMILES string of the molecule is CN(C)CCCNC(=O)c1cnc(-c2cccs2)nc1. The van der Waals surface area contributed by atoms with Crippen LogP contribution in [0.1, 0.15) is 16.8 Å². The van der Waals surface area contributed by atoms with Gasteiger partial charge >= 0.3 is 0 Å². The van der Waals surface area contributed by atoms with Crippen LogP contribution in [-0.2, 0) is 0 Å². The van der Waals surface area contributed by atoms with Crippen LogP contribution in [0.2, 0.25) is 0 Å². The van der Waals surface area contributed by atoms with Gasteiger partial charge < -0.3 is 10.2 Å². The molecule has 0 saturated heterocycles. The van der Waals surface area contributed by atoms with Crippen molar-refractivity contribution in [3.05, 3.63) is 35.5 Å². The monoisotopic (exact) mass is 290 g/mol. The molecule has 0 aromatic carbocycles. The van der Waals surface area contributed by atoms with E-state index in [1.807, 2.05) is 31.6 Å². The molecule has 0 aliphatic rings. The van der Waals surface area contributed by atoms with E-state index in [0.29, 0.717) is 17.9 Å². The summed E-state index contributed by atoms with van der Waals surface area (Å²) >= 11 is 1.58. The summed E-state index contributed by atoms with van der Waals surface area (Å²) in [6.45, 7) is 1.61. The molecular weight excluding hydrogens is 272 g/mol. The molecule has 0 fully saturated rings. The molecule has 0 saturated carbocycles. The van der Waals surface area contributed by atoms with E-state index in [1.165, 1.54) is 0 Å². The van der Waals surface area contributed by atoms with Crippen LogP contribution in [0.25, 0.3) is 10.7 Å². The molecule has 0 atom stereocenters. The average Bonchev–Trinajstić information content (AvgIpc) is 2.97. The number of amides is 1. The predicted molar refractivity (Wildman–Crippen MR) is 80.8 cm³/mol. The van der Waals surface area contributed by atoms with Crippen molar-refractivity contribution in [2.75, 3.05) is 27.2 Å². The molecule has 106 valence electrons. The van der Waals surface area contributed by atoms with Crippen molar-refractivity contribution in [2.45, 2.75) is 6.42 Å². The molecule has 0 aliphatic heterocycles. The molecule has 2 rings (SSSR count). The van der Waals surface area contributed by atoms with Gasteiger partial charge in [-0.25, -0.2) is 9.97 Å².